The summed E-state index contributed by atoms with van der Waals surface area (Å²) in [5.41, 5.74) is 0.470. The normalized spacial score (nSPS) is 32.5. The third-order valence-corrected chi connectivity index (χ3v) is 4.76. The third kappa shape index (κ3) is 3.98. The van der Waals surface area contributed by atoms with Gasteiger partial charge in [0.2, 0.25) is 0 Å². The van der Waals surface area contributed by atoms with E-state index in [2.05, 4.69) is 33.0 Å². The zero-order valence-corrected chi connectivity index (χ0v) is 12.3. The van der Waals surface area contributed by atoms with E-state index in [9.17, 15) is 0 Å². The molecule has 0 radical (unpaired) electrons. The monoisotopic (exact) mass is 237 g/mol. The minimum absolute atomic E-state index is 0.470. The van der Waals surface area contributed by atoms with E-state index in [-0.39, 0.29) is 0 Å². The van der Waals surface area contributed by atoms with Crippen molar-refractivity contribution >= 4 is 0 Å². The van der Waals surface area contributed by atoms with Crippen LogP contribution in [-0.4, -0.2) is 12.1 Å². The fourth-order valence-electron chi connectivity index (χ4n) is 3.65. The first-order valence-electron chi connectivity index (χ1n) is 7.73. The molecular weight excluding hydrogens is 206 g/mol. The van der Waals surface area contributed by atoms with Crippen molar-refractivity contribution < 1.29 is 0 Å². The van der Waals surface area contributed by atoms with Crippen LogP contribution in [0.25, 0.3) is 0 Å². The number of nitrogens with one attached hydrogen (secondary N) is 1. The summed E-state index contributed by atoms with van der Waals surface area (Å²) in [5, 5.41) is 3.95. The van der Waals surface area contributed by atoms with Gasteiger partial charge in [-0.1, -0.05) is 46.5 Å². The van der Waals surface area contributed by atoms with Crippen molar-refractivity contribution in [3.63, 3.8) is 0 Å². The zero-order chi connectivity index (χ0) is 12.5. The molecule has 100 valence electrons. The highest BCUT2D eigenvalue weighted by molar-refractivity contribution is 4.90. The molecule has 1 heteroatoms. The molecule has 2 aliphatic rings. The lowest BCUT2D eigenvalue weighted by molar-refractivity contribution is 0.123. The third-order valence-electron chi connectivity index (χ3n) is 4.76. The molecule has 0 aromatic rings. The van der Waals surface area contributed by atoms with Crippen LogP contribution in [0.15, 0.2) is 0 Å². The highest BCUT2D eigenvalue weighted by atomic mass is 15.0. The van der Waals surface area contributed by atoms with E-state index in [1.54, 1.807) is 0 Å². The topological polar surface area (TPSA) is 12.0 Å². The maximum absolute atomic E-state index is 3.95. The Balaban J connectivity index is 1.86. The maximum Gasteiger partial charge on any atom is 0.0103 e. The summed E-state index contributed by atoms with van der Waals surface area (Å²) in [4.78, 5) is 0. The van der Waals surface area contributed by atoms with Gasteiger partial charge in [0.15, 0.2) is 0 Å². The molecule has 3 atom stereocenters. The molecule has 0 spiro atoms. The lowest BCUT2D eigenvalue weighted by atomic mass is 9.69. The Bertz CT molecular complexity index is 236. The van der Waals surface area contributed by atoms with E-state index < -0.39 is 0 Å². The fraction of sp³-hybridized carbons (Fsp3) is 1.00. The van der Waals surface area contributed by atoms with Gasteiger partial charge in [-0.25, -0.2) is 0 Å². The van der Waals surface area contributed by atoms with Crippen LogP contribution in [0.2, 0.25) is 0 Å². The van der Waals surface area contributed by atoms with Crippen molar-refractivity contribution in [2.75, 3.05) is 0 Å². The number of rotatable bonds is 4. The van der Waals surface area contributed by atoms with Crippen molar-refractivity contribution in [3.05, 3.63) is 0 Å². The van der Waals surface area contributed by atoms with E-state index in [0.29, 0.717) is 5.41 Å². The van der Waals surface area contributed by atoms with Gasteiger partial charge < -0.3 is 5.32 Å². The van der Waals surface area contributed by atoms with E-state index in [0.717, 1.165) is 23.9 Å². The van der Waals surface area contributed by atoms with E-state index in [1.807, 2.05) is 0 Å². The van der Waals surface area contributed by atoms with Gasteiger partial charge >= 0.3 is 0 Å². The molecule has 0 aromatic heterocycles. The first kappa shape index (κ1) is 13.4. The second kappa shape index (κ2) is 5.30. The van der Waals surface area contributed by atoms with E-state index >= 15 is 0 Å². The van der Waals surface area contributed by atoms with Crippen LogP contribution < -0.4 is 5.32 Å². The molecule has 3 unspecified atom stereocenters. The lowest BCUT2D eigenvalue weighted by Gasteiger charge is -2.42. The highest BCUT2D eigenvalue weighted by Crippen LogP contribution is 2.39. The Morgan fingerprint density at radius 2 is 1.71 bits per heavy atom. The van der Waals surface area contributed by atoms with Crippen molar-refractivity contribution in [2.24, 2.45) is 17.3 Å². The SMILES string of the molecule is CC(CC1CC1)NC1CCCCC1C(C)(C)C. The molecule has 0 amide bonds. The first-order valence-corrected chi connectivity index (χ1v) is 7.73. The van der Waals surface area contributed by atoms with Crippen molar-refractivity contribution in [1.82, 2.24) is 5.32 Å². The zero-order valence-electron chi connectivity index (χ0n) is 12.3. The average Bonchev–Trinajstić information content (AvgIpc) is 3.00. The Morgan fingerprint density at radius 3 is 2.29 bits per heavy atom. The highest BCUT2D eigenvalue weighted by Gasteiger charge is 2.35. The molecule has 1 N–H and O–H groups in total. The maximum atomic E-state index is 3.95. The second-order valence-corrected chi connectivity index (χ2v) is 7.61. The molecule has 0 aromatic carbocycles. The minimum atomic E-state index is 0.470. The van der Waals surface area contributed by atoms with Crippen LogP contribution in [-0.2, 0) is 0 Å². The quantitative estimate of drug-likeness (QED) is 0.765. The Hall–Kier alpha value is -0.0400. The molecule has 2 fully saturated rings. The average molecular weight is 237 g/mol. The van der Waals surface area contributed by atoms with Crippen molar-refractivity contribution in [1.29, 1.82) is 0 Å². The summed E-state index contributed by atoms with van der Waals surface area (Å²) in [5.74, 6) is 1.92. The molecule has 2 aliphatic carbocycles. The van der Waals surface area contributed by atoms with Gasteiger partial charge in [0.05, 0.1) is 0 Å². The molecule has 1 nitrogen and oxygen atoms in total. The predicted molar refractivity (Wildman–Crippen MR) is 75.1 cm³/mol. The summed E-state index contributed by atoms with van der Waals surface area (Å²) >= 11 is 0. The van der Waals surface area contributed by atoms with Crippen LogP contribution in [0.4, 0.5) is 0 Å². The number of hydrogen-bond donors (Lipinski definition) is 1. The Labute approximate surface area is 108 Å². The molecule has 0 heterocycles. The van der Waals surface area contributed by atoms with E-state index in [4.69, 9.17) is 0 Å². The summed E-state index contributed by atoms with van der Waals surface area (Å²) in [6.07, 6.45) is 10.1. The fourth-order valence-corrected chi connectivity index (χ4v) is 3.65. The van der Waals surface area contributed by atoms with Crippen LogP contribution in [0, 0.1) is 17.3 Å². The minimum Gasteiger partial charge on any atom is -0.311 e. The summed E-state index contributed by atoms with van der Waals surface area (Å²) in [6.45, 7) is 9.66. The predicted octanol–water partition coefficient (Wildman–Crippen LogP) is 4.37. The number of hydrogen-bond acceptors (Lipinski definition) is 1. The van der Waals surface area contributed by atoms with Crippen LogP contribution in [0.5, 0.6) is 0 Å². The first-order chi connectivity index (χ1) is 7.97. The lowest BCUT2D eigenvalue weighted by Crippen LogP contribution is -2.47. The molecular formula is C16H31N. The van der Waals surface area contributed by atoms with Gasteiger partial charge in [-0.15, -0.1) is 0 Å². The van der Waals surface area contributed by atoms with E-state index in [1.165, 1.54) is 44.9 Å². The van der Waals surface area contributed by atoms with Gasteiger partial charge in [-0.2, -0.15) is 0 Å². The summed E-state index contributed by atoms with van der Waals surface area (Å²) < 4.78 is 0. The molecule has 2 rings (SSSR count). The smallest absolute Gasteiger partial charge is 0.0103 e. The Kier molecular flexibility index (Phi) is 4.18. The van der Waals surface area contributed by atoms with Crippen LogP contribution in [0.3, 0.4) is 0 Å². The van der Waals surface area contributed by atoms with Gasteiger partial charge in [0, 0.05) is 12.1 Å². The largest absolute Gasteiger partial charge is 0.311 e. The van der Waals surface area contributed by atoms with Crippen LogP contribution >= 0.6 is 0 Å². The Morgan fingerprint density at radius 1 is 1.06 bits per heavy atom. The van der Waals surface area contributed by atoms with Crippen molar-refractivity contribution in [3.8, 4) is 0 Å². The molecule has 2 saturated carbocycles. The molecule has 0 aliphatic heterocycles. The molecule has 0 saturated heterocycles. The summed E-state index contributed by atoms with van der Waals surface area (Å²) in [6, 6.07) is 1.51. The van der Waals surface area contributed by atoms with Gasteiger partial charge in [-0.3, -0.25) is 0 Å². The van der Waals surface area contributed by atoms with Gasteiger partial charge in [0.25, 0.3) is 0 Å². The molecule has 17 heavy (non-hydrogen) atoms. The van der Waals surface area contributed by atoms with Gasteiger partial charge in [0.1, 0.15) is 0 Å². The van der Waals surface area contributed by atoms with Crippen molar-refractivity contribution in [2.45, 2.75) is 84.7 Å². The standard InChI is InChI=1S/C16H31N/c1-12(11-13-9-10-13)17-15-8-6-5-7-14(15)16(2,3)4/h12-15,17H,5-11H2,1-4H3. The van der Waals surface area contributed by atoms with Crippen LogP contribution in [0.1, 0.15) is 72.6 Å². The van der Waals surface area contributed by atoms with Gasteiger partial charge in [-0.05, 0) is 43.4 Å². The molecule has 0 bridgehead atoms. The summed E-state index contributed by atoms with van der Waals surface area (Å²) in [7, 11) is 0. The second-order valence-electron chi connectivity index (χ2n) is 7.61.